The third kappa shape index (κ3) is 5.30. The van der Waals surface area contributed by atoms with Gasteiger partial charge >= 0.3 is 47.6 Å². The zero-order valence-electron chi connectivity index (χ0n) is 19.4. The Kier molecular flexibility index (Phi) is 8.67. The highest BCUT2D eigenvalue weighted by atomic mass is 19.4. The van der Waals surface area contributed by atoms with Crippen LogP contribution in [-0.4, -0.2) is 58.8 Å². The molecule has 0 saturated heterocycles. The second-order valence-corrected chi connectivity index (χ2v) is 8.76. The van der Waals surface area contributed by atoms with Crippen molar-refractivity contribution < 1.29 is 84.5 Å². The number of ether oxygens (including phenoxy) is 1. The quantitative estimate of drug-likeness (QED) is 0.256. The lowest BCUT2D eigenvalue weighted by atomic mass is 9.83. The molecule has 1 atom stereocenters. The summed E-state index contributed by atoms with van der Waals surface area (Å²) < 4.78 is 234. The van der Waals surface area contributed by atoms with Crippen LogP contribution in [0.5, 0.6) is 5.75 Å². The van der Waals surface area contributed by atoms with E-state index in [1.807, 2.05) is 0 Å². The molecule has 0 bridgehead atoms. The molecule has 1 rings (SSSR count). The van der Waals surface area contributed by atoms with E-state index in [0.29, 0.717) is 6.07 Å². The highest BCUT2D eigenvalue weighted by Crippen LogP contribution is 2.64. The fraction of sp³-hybridized carbons (Fsp3) is 0.700. The van der Waals surface area contributed by atoms with Crippen molar-refractivity contribution in [2.75, 3.05) is 0 Å². The fourth-order valence-corrected chi connectivity index (χ4v) is 3.10. The number of hydrogen-bond acceptors (Lipinski definition) is 2. The zero-order valence-corrected chi connectivity index (χ0v) is 19.4. The molecule has 1 N–H and O–H groups in total. The Morgan fingerprint density at radius 1 is 0.615 bits per heavy atom. The first-order valence-corrected chi connectivity index (χ1v) is 10.1. The summed E-state index contributed by atoms with van der Waals surface area (Å²) in [6.45, 7) is 2.88. The van der Waals surface area contributed by atoms with Gasteiger partial charge < -0.3 is 9.84 Å². The first-order chi connectivity index (χ1) is 16.9. The highest BCUT2D eigenvalue weighted by Gasteiger charge is 2.95. The number of benzene rings is 1. The molecule has 0 heterocycles. The molecule has 0 spiro atoms. The van der Waals surface area contributed by atoms with Crippen molar-refractivity contribution in [3.8, 4) is 5.75 Å². The van der Waals surface area contributed by atoms with E-state index in [0.717, 1.165) is 18.2 Å². The molecule has 1 aromatic rings. The van der Waals surface area contributed by atoms with E-state index in [-0.39, 0.29) is 6.92 Å². The van der Waals surface area contributed by atoms with E-state index in [2.05, 4.69) is 0 Å². The van der Waals surface area contributed by atoms with Crippen LogP contribution in [0.25, 0.3) is 0 Å². The van der Waals surface area contributed by atoms with E-state index in [1.165, 1.54) is 13.8 Å². The molecule has 228 valence electrons. The molecule has 39 heavy (non-hydrogen) atoms. The van der Waals surface area contributed by atoms with Gasteiger partial charge in [-0.25, -0.2) is 0 Å². The lowest BCUT2D eigenvalue weighted by Crippen LogP contribution is -2.74. The minimum atomic E-state index is -8.71. The van der Waals surface area contributed by atoms with Gasteiger partial charge in [0.2, 0.25) is 0 Å². The van der Waals surface area contributed by atoms with Crippen LogP contribution >= 0.6 is 0 Å². The average molecular weight is 612 g/mol. The summed E-state index contributed by atoms with van der Waals surface area (Å²) in [6, 6.07) is 3.73. The second-order valence-electron chi connectivity index (χ2n) is 8.76. The molecule has 1 unspecified atom stereocenters. The van der Waals surface area contributed by atoms with Gasteiger partial charge in [0.1, 0.15) is 5.75 Å². The third-order valence-corrected chi connectivity index (χ3v) is 5.18. The minimum absolute atomic E-state index is 0.225. The predicted molar refractivity (Wildman–Crippen MR) is 97.1 cm³/mol. The first kappa shape index (κ1) is 34.8. The predicted octanol–water partition coefficient (Wildman–Crippen LogP) is 8.08. The van der Waals surface area contributed by atoms with Crippen LogP contribution in [0.15, 0.2) is 24.3 Å². The maximum absolute atomic E-state index is 14.4. The van der Waals surface area contributed by atoms with Crippen LogP contribution < -0.4 is 4.74 Å². The van der Waals surface area contributed by atoms with Crippen LogP contribution in [0.4, 0.5) is 74.6 Å². The highest BCUT2D eigenvalue weighted by molar-refractivity contribution is 5.38. The number of hydrogen-bond donors (Lipinski definition) is 1. The van der Waals surface area contributed by atoms with E-state index in [1.54, 1.807) is 0 Å². The van der Waals surface area contributed by atoms with Gasteiger partial charge in [-0.15, -0.1) is 0 Å². The Balaban J connectivity index is 3.65. The minimum Gasteiger partial charge on any atom is -0.491 e. The molecule has 0 amide bonds. The number of halogens is 17. The van der Waals surface area contributed by atoms with Crippen molar-refractivity contribution in [3.63, 3.8) is 0 Å². The maximum atomic E-state index is 14.4. The number of rotatable bonds is 11. The third-order valence-electron chi connectivity index (χ3n) is 5.18. The smallest absolute Gasteiger partial charge is 0.460 e. The van der Waals surface area contributed by atoms with Gasteiger partial charge in [0.05, 0.1) is 18.1 Å². The van der Waals surface area contributed by atoms with Gasteiger partial charge in [-0.2, -0.15) is 74.6 Å². The molecular formula is C20H17F17O2. The van der Waals surface area contributed by atoms with Crippen LogP contribution in [-0.2, 0) is 5.60 Å². The van der Waals surface area contributed by atoms with Gasteiger partial charge in [-0.1, -0.05) is 18.2 Å². The van der Waals surface area contributed by atoms with E-state index in [4.69, 9.17) is 4.74 Å². The molecular weight excluding hydrogens is 595 g/mol. The Morgan fingerprint density at radius 2 is 0.974 bits per heavy atom. The van der Waals surface area contributed by atoms with Gasteiger partial charge in [0.15, 0.2) is 0 Å². The van der Waals surface area contributed by atoms with Crippen molar-refractivity contribution in [1.82, 2.24) is 0 Å². The summed E-state index contributed by atoms with van der Waals surface area (Å²) in [6.07, 6.45) is -11.6. The molecule has 0 aliphatic heterocycles. The molecule has 2 nitrogen and oxygen atoms in total. The van der Waals surface area contributed by atoms with E-state index in [9.17, 15) is 79.7 Å². The van der Waals surface area contributed by atoms with E-state index >= 15 is 0 Å². The normalized spacial score (nSPS) is 16.9. The van der Waals surface area contributed by atoms with E-state index < -0.39 is 77.1 Å². The summed E-state index contributed by atoms with van der Waals surface area (Å²) in [5.41, 5.74) is -4.31. The van der Waals surface area contributed by atoms with Crippen molar-refractivity contribution in [2.45, 2.75) is 86.5 Å². The summed E-state index contributed by atoms with van der Waals surface area (Å²) >= 11 is 0. The largest absolute Gasteiger partial charge is 0.491 e. The Morgan fingerprint density at radius 3 is 1.36 bits per heavy atom. The summed E-state index contributed by atoms with van der Waals surface area (Å²) in [5.74, 6) is -57.8. The standard InChI is InChI=1S/C20H17F17O2/c1-9(2)39-11-7-5-4-6-10(11)12(3,38)8-13(21,22)14(23,24)15(25,26)16(27,28)17(29,30)18(31,32)19(33,34)20(35,36)37/h4-7,9,38H,8H2,1-3H3. The average Bonchev–Trinajstić information content (AvgIpc) is 2.71. The molecule has 19 heteroatoms. The van der Waals surface area contributed by atoms with Crippen molar-refractivity contribution in [3.05, 3.63) is 29.8 Å². The number of para-hydroxylation sites is 1. The molecule has 0 aliphatic carbocycles. The zero-order chi connectivity index (χ0) is 31.5. The molecule has 0 radical (unpaired) electrons. The maximum Gasteiger partial charge on any atom is 0.460 e. The lowest BCUT2D eigenvalue weighted by Gasteiger charge is -2.43. The molecule has 0 aromatic heterocycles. The topological polar surface area (TPSA) is 29.5 Å². The van der Waals surface area contributed by atoms with Gasteiger partial charge in [-0.05, 0) is 26.8 Å². The lowest BCUT2D eigenvalue weighted by molar-refractivity contribution is -0.462. The Hall–Kier alpha value is -2.21. The number of alkyl halides is 17. The summed E-state index contributed by atoms with van der Waals surface area (Å²) in [4.78, 5) is 0. The molecule has 0 fully saturated rings. The summed E-state index contributed by atoms with van der Waals surface area (Å²) in [5, 5.41) is 10.3. The molecule has 0 aliphatic rings. The first-order valence-electron chi connectivity index (χ1n) is 10.1. The van der Waals surface area contributed by atoms with Crippen molar-refractivity contribution in [2.24, 2.45) is 0 Å². The SMILES string of the molecule is CC(C)Oc1ccccc1C(C)(O)CC(F)(F)C(F)(F)C(F)(F)C(F)(F)C(F)(F)C(F)(F)C(F)(F)C(F)(F)F. The van der Waals surface area contributed by atoms with Crippen molar-refractivity contribution >= 4 is 0 Å². The van der Waals surface area contributed by atoms with Gasteiger partial charge in [0, 0.05) is 5.56 Å². The molecule has 0 saturated carbocycles. The van der Waals surface area contributed by atoms with Crippen molar-refractivity contribution in [1.29, 1.82) is 0 Å². The van der Waals surface area contributed by atoms with Crippen LogP contribution in [0, 0.1) is 0 Å². The Bertz CT molecular complexity index is 1010. The number of aliphatic hydroxyl groups is 1. The summed E-state index contributed by atoms with van der Waals surface area (Å²) in [7, 11) is 0. The Labute approximate surface area is 207 Å². The van der Waals surface area contributed by atoms with Gasteiger partial charge in [-0.3, -0.25) is 0 Å². The van der Waals surface area contributed by atoms with Crippen LogP contribution in [0.3, 0.4) is 0 Å². The molecule has 1 aromatic carbocycles. The van der Waals surface area contributed by atoms with Crippen LogP contribution in [0.1, 0.15) is 32.8 Å². The second kappa shape index (κ2) is 9.71. The van der Waals surface area contributed by atoms with Crippen LogP contribution in [0.2, 0.25) is 0 Å². The van der Waals surface area contributed by atoms with Gasteiger partial charge in [0.25, 0.3) is 0 Å². The fourth-order valence-electron chi connectivity index (χ4n) is 3.10. The monoisotopic (exact) mass is 612 g/mol.